The van der Waals surface area contributed by atoms with Crippen LogP contribution in [0.15, 0.2) is 194 Å². The Balaban J connectivity index is 1.16. The van der Waals surface area contributed by atoms with Gasteiger partial charge in [0.1, 0.15) is 0 Å². The van der Waals surface area contributed by atoms with E-state index in [2.05, 4.69) is 155 Å². The van der Waals surface area contributed by atoms with E-state index in [1.807, 2.05) is 48.5 Å². The highest BCUT2D eigenvalue weighted by molar-refractivity contribution is 6.11. The molecule has 0 aliphatic heterocycles. The minimum Gasteiger partial charge on any atom is -0.275 e. The molecule has 0 atom stereocenters. The quantitative estimate of drug-likeness (QED) is 0.167. The molecule has 0 spiro atoms. The summed E-state index contributed by atoms with van der Waals surface area (Å²) in [5.41, 5.74) is 8.32. The van der Waals surface area contributed by atoms with Gasteiger partial charge in [-0.1, -0.05) is 158 Å². The Bertz CT molecular complexity index is 2710. The van der Waals surface area contributed by atoms with Gasteiger partial charge in [0.2, 0.25) is 0 Å². The average molecular weight is 693 g/mol. The standard InChI is InChI=1S/C48H32N6/c1-5-17-33(18-6-1)45-49-51-47(53(45)35-21-9-3-10-22-35)43-31-29-41(37-25-13-15-27-39(37)43)42-30-32-44(40-28-16-14-26-38(40)42)48-52-50-46(34-19-7-2-8-20-34)54(48)36-23-11-4-12-24-36/h1-32H. The molecule has 6 heteroatoms. The molecule has 0 radical (unpaired) electrons. The molecule has 0 amide bonds. The smallest absolute Gasteiger partial charge is 0.169 e. The SMILES string of the molecule is c1ccc(-c2nnc(-c3ccc(-c4ccc(-c5nnc(-c6ccccc6)n5-c5ccccc5)c5ccccc45)c4ccccc34)n2-c2ccccc2)cc1. The lowest BCUT2D eigenvalue weighted by Gasteiger charge is -2.17. The van der Waals surface area contributed by atoms with Crippen molar-refractivity contribution in [1.82, 2.24) is 29.5 Å². The van der Waals surface area contributed by atoms with Gasteiger partial charge in [0, 0.05) is 33.6 Å². The Morgan fingerprint density at radius 2 is 0.519 bits per heavy atom. The summed E-state index contributed by atoms with van der Waals surface area (Å²) >= 11 is 0. The van der Waals surface area contributed by atoms with Crippen LogP contribution in [0.3, 0.4) is 0 Å². The van der Waals surface area contributed by atoms with Gasteiger partial charge in [0.25, 0.3) is 0 Å². The van der Waals surface area contributed by atoms with Crippen LogP contribution < -0.4 is 0 Å². The molecule has 0 aliphatic rings. The molecular weight excluding hydrogens is 661 g/mol. The van der Waals surface area contributed by atoms with Crippen molar-refractivity contribution < 1.29 is 0 Å². The molecule has 0 aliphatic carbocycles. The molecule has 2 aromatic heterocycles. The molecule has 0 N–H and O–H groups in total. The first-order valence-corrected chi connectivity index (χ1v) is 18.0. The second kappa shape index (κ2) is 13.3. The van der Waals surface area contributed by atoms with E-state index >= 15 is 0 Å². The van der Waals surface area contributed by atoms with Crippen molar-refractivity contribution >= 4 is 21.5 Å². The van der Waals surface area contributed by atoms with E-state index in [0.717, 1.165) is 89.6 Å². The van der Waals surface area contributed by atoms with E-state index in [0.29, 0.717) is 0 Å². The Morgan fingerprint density at radius 3 is 0.889 bits per heavy atom. The van der Waals surface area contributed by atoms with E-state index in [1.165, 1.54) is 0 Å². The average Bonchev–Trinajstić information content (AvgIpc) is 3.90. The number of hydrogen-bond acceptors (Lipinski definition) is 4. The Morgan fingerprint density at radius 1 is 0.241 bits per heavy atom. The maximum atomic E-state index is 4.84. The van der Waals surface area contributed by atoms with Gasteiger partial charge in [0.15, 0.2) is 23.3 Å². The maximum absolute atomic E-state index is 4.84. The van der Waals surface area contributed by atoms with E-state index < -0.39 is 0 Å². The molecular formula is C48H32N6. The van der Waals surface area contributed by atoms with Crippen LogP contribution in [0.2, 0.25) is 0 Å². The molecule has 0 saturated heterocycles. The molecule has 54 heavy (non-hydrogen) atoms. The summed E-state index contributed by atoms with van der Waals surface area (Å²) in [5.74, 6) is 3.17. The summed E-state index contributed by atoms with van der Waals surface area (Å²) in [6.45, 7) is 0. The van der Waals surface area contributed by atoms with Crippen LogP contribution in [0.4, 0.5) is 0 Å². The zero-order valence-corrected chi connectivity index (χ0v) is 29.2. The fraction of sp³-hybridized carbons (Fsp3) is 0. The highest BCUT2D eigenvalue weighted by Gasteiger charge is 2.23. The zero-order chi connectivity index (χ0) is 35.8. The third-order valence-electron chi connectivity index (χ3n) is 10.0. The first kappa shape index (κ1) is 31.3. The lowest BCUT2D eigenvalue weighted by atomic mass is 9.90. The number of fused-ring (bicyclic) bond motifs is 2. The monoisotopic (exact) mass is 692 g/mol. The van der Waals surface area contributed by atoms with Crippen LogP contribution in [-0.4, -0.2) is 29.5 Å². The third-order valence-corrected chi connectivity index (χ3v) is 10.0. The largest absolute Gasteiger partial charge is 0.275 e. The topological polar surface area (TPSA) is 61.4 Å². The predicted molar refractivity (Wildman–Crippen MR) is 218 cm³/mol. The Kier molecular flexibility index (Phi) is 7.69. The van der Waals surface area contributed by atoms with Crippen molar-refractivity contribution in [2.24, 2.45) is 0 Å². The van der Waals surface area contributed by atoms with Gasteiger partial charge in [-0.25, -0.2) is 0 Å². The fourth-order valence-corrected chi connectivity index (χ4v) is 7.57. The number of nitrogens with zero attached hydrogens (tertiary/aromatic N) is 6. The molecule has 6 nitrogen and oxygen atoms in total. The number of hydrogen-bond donors (Lipinski definition) is 0. The molecule has 0 unspecified atom stereocenters. The third kappa shape index (κ3) is 5.28. The van der Waals surface area contributed by atoms with Crippen molar-refractivity contribution in [2.45, 2.75) is 0 Å². The predicted octanol–water partition coefficient (Wildman–Crippen LogP) is 11.5. The first-order valence-electron chi connectivity index (χ1n) is 18.0. The lowest BCUT2D eigenvalue weighted by molar-refractivity contribution is 1.07. The molecule has 0 bridgehead atoms. The lowest BCUT2D eigenvalue weighted by Crippen LogP contribution is -2.01. The van der Waals surface area contributed by atoms with Crippen LogP contribution in [0.5, 0.6) is 0 Å². The van der Waals surface area contributed by atoms with Crippen LogP contribution in [0.25, 0.3) is 89.6 Å². The van der Waals surface area contributed by atoms with Crippen LogP contribution in [-0.2, 0) is 0 Å². The zero-order valence-electron chi connectivity index (χ0n) is 29.2. The van der Waals surface area contributed by atoms with Crippen molar-refractivity contribution in [3.05, 3.63) is 194 Å². The molecule has 10 rings (SSSR count). The molecule has 10 aromatic rings. The Hall–Kier alpha value is -7.44. The number of benzene rings is 8. The van der Waals surface area contributed by atoms with Gasteiger partial charge in [0.05, 0.1) is 0 Å². The maximum Gasteiger partial charge on any atom is 0.169 e. The normalized spacial score (nSPS) is 11.3. The van der Waals surface area contributed by atoms with E-state index in [4.69, 9.17) is 20.4 Å². The second-order valence-electron chi connectivity index (χ2n) is 13.2. The van der Waals surface area contributed by atoms with Gasteiger partial charge in [-0.15, -0.1) is 20.4 Å². The molecule has 254 valence electrons. The van der Waals surface area contributed by atoms with Crippen molar-refractivity contribution in [3.8, 4) is 68.1 Å². The molecule has 0 fully saturated rings. The van der Waals surface area contributed by atoms with Gasteiger partial charge in [-0.3, -0.25) is 9.13 Å². The molecule has 8 aromatic carbocycles. The van der Waals surface area contributed by atoms with Crippen LogP contribution in [0, 0.1) is 0 Å². The van der Waals surface area contributed by atoms with Gasteiger partial charge in [-0.2, -0.15) is 0 Å². The van der Waals surface area contributed by atoms with Gasteiger partial charge in [-0.05, 0) is 69.1 Å². The minimum absolute atomic E-state index is 0.789. The van der Waals surface area contributed by atoms with E-state index in [1.54, 1.807) is 0 Å². The summed E-state index contributed by atoms with van der Waals surface area (Å²) in [5, 5.41) is 23.7. The second-order valence-corrected chi connectivity index (χ2v) is 13.2. The van der Waals surface area contributed by atoms with E-state index in [-0.39, 0.29) is 0 Å². The summed E-state index contributed by atoms with van der Waals surface area (Å²) in [6.07, 6.45) is 0. The minimum atomic E-state index is 0.789. The van der Waals surface area contributed by atoms with Crippen LogP contribution in [0.1, 0.15) is 0 Å². The highest BCUT2D eigenvalue weighted by Crippen LogP contribution is 2.42. The van der Waals surface area contributed by atoms with Crippen LogP contribution >= 0.6 is 0 Å². The van der Waals surface area contributed by atoms with E-state index in [9.17, 15) is 0 Å². The number of para-hydroxylation sites is 2. The first-order chi connectivity index (χ1) is 26.8. The number of rotatable bonds is 7. The molecule has 0 saturated carbocycles. The number of aromatic nitrogens is 6. The van der Waals surface area contributed by atoms with Gasteiger partial charge < -0.3 is 0 Å². The summed E-state index contributed by atoms with van der Waals surface area (Å²) in [6, 6.07) is 67.2. The summed E-state index contributed by atoms with van der Waals surface area (Å²) < 4.78 is 4.32. The summed E-state index contributed by atoms with van der Waals surface area (Å²) in [7, 11) is 0. The highest BCUT2D eigenvalue weighted by atomic mass is 15.3. The molecule has 2 heterocycles. The van der Waals surface area contributed by atoms with Crippen molar-refractivity contribution in [2.75, 3.05) is 0 Å². The fourth-order valence-electron chi connectivity index (χ4n) is 7.57. The van der Waals surface area contributed by atoms with Crippen molar-refractivity contribution in [3.63, 3.8) is 0 Å². The van der Waals surface area contributed by atoms with Crippen molar-refractivity contribution in [1.29, 1.82) is 0 Å². The van der Waals surface area contributed by atoms with Gasteiger partial charge >= 0.3 is 0 Å². The summed E-state index contributed by atoms with van der Waals surface area (Å²) in [4.78, 5) is 0. The Labute approximate surface area is 312 Å².